The van der Waals surface area contributed by atoms with Crippen molar-refractivity contribution in [2.24, 2.45) is 0 Å². The van der Waals surface area contributed by atoms with Crippen LogP contribution in [0.25, 0.3) is 0 Å². The minimum Gasteiger partial charge on any atom is -0.353 e. The average Bonchev–Trinajstić information content (AvgIpc) is 2.26. The minimum atomic E-state index is -0.334. The lowest BCUT2D eigenvalue weighted by Gasteiger charge is -2.27. The molecule has 0 saturated carbocycles. The predicted octanol–water partition coefficient (Wildman–Crippen LogP) is 0.784. The summed E-state index contributed by atoms with van der Waals surface area (Å²) in [6.07, 6.45) is 0. The first kappa shape index (κ1) is 11.6. The molecule has 0 atom stereocenters. The molecule has 1 aromatic carbocycles. The van der Waals surface area contributed by atoms with Gasteiger partial charge in [0.2, 0.25) is 11.8 Å². The topological polar surface area (TPSA) is 73.2 Å². The van der Waals surface area contributed by atoms with Crippen molar-refractivity contribution in [1.29, 1.82) is 5.26 Å². The average molecular weight is 294 g/mol. The van der Waals surface area contributed by atoms with Crippen molar-refractivity contribution in [1.82, 2.24) is 5.32 Å². The molecular weight excluding hydrogens is 286 g/mol. The Bertz CT molecular complexity index is 520. The van der Waals surface area contributed by atoms with E-state index in [-0.39, 0.29) is 24.9 Å². The van der Waals surface area contributed by atoms with Gasteiger partial charge in [0.15, 0.2) is 0 Å². The third-order valence-electron chi connectivity index (χ3n) is 2.32. The summed E-state index contributed by atoms with van der Waals surface area (Å²) in [6, 6.07) is 7.12. The molecule has 2 rings (SSSR count). The van der Waals surface area contributed by atoms with Crippen molar-refractivity contribution in [3.05, 3.63) is 28.2 Å². The van der Waals surface area contributed by atoms with Crippen LogP contribution in [0.3, 0.4) is 0 Å². The molecule has 0 radical (unpaired) electrons. The fourth-order valence-corrected chi connectivity index (χ4v) is 2.12. The quantitative estimate of drug-likeness (QED) is 0.777. The minimum absolute atomic E-state index is 0.118. The van der Waals surface area contributed by atoms with E-state index in [1.165, 1.54) is 0 Å². The Kier molecular flexibility index (Phi) is 3.11. The first-order valence-corrected chi connectivity index (χ1v) is 5.66. The molecule has 86 valence electrons. The Balaban J connectivity index is 2.33. The Morgan fingerprint density at radius 2 is 1.88 bits per heavy atom. The molecule has 0 aromatic heterocycles. The van der Waals surface area contributed by atoms with E-state index in [0.717, 1.165) is 4.47 Å². The van der Waals surface area contributed by atoms with Gasteiger partial charge in [-0.25, -0.2) is 0 Å². The van der Waals surface area contributed by atoms with Crippen LogP contribution >= 0.6 is 15.9 Å². The van der Waals surface area contributed by atoms with Gasteiger partial charge in [-0.2, -0.15) is 5.26 Å². The largest absolute Gasteiger partial charge is 0.353 e. The lowest BCUT2D eigenvalue weighted by molar-refractivity contribution is -0.130. The molecule has 1 saturated heterocycles. The molecule has 5 nitrogen and oxygen atoms in total. The third-order valence-corrected chi connectivity index (χ3v) is 2.78. The number of anilines is 1. The number of hydrogen-bond donors (Lipinski definition) is 1. The van der Waals surface area contributed by atoms with Crippen LogP contribution in [-0.2, 0) is 9.59 Å². The van der Waals surface area contributed by atoms with Gasteiger partial charge in [-0.05, 0) is 18.2 Å². The number of nitriles is 1. The number of hydrogen-bond acceptors (Lipinski definition) is 4. The smallest absolute Gasteiger partial charge is 0.246 e. The second kappa shape index (κ2) is 4.55. The zero-order valence-corrected chi connectivity index (χ0v) is 10.3. The molecule has 0 bridgehead atoms. The van der Waals surface area contributed by atoms with Gasteiger partial charge in [0, 0.05) is 10.2 Å². The number of nitrogens with zero attached hydrogens (tertiary/aromatic N) is 2. The maximum atomic E-state index is 11.2. The molecular formula is C11H8BrN3O2. The molecule has 6 heteroatoms. The molecule has 1 aromatic rings. The van der Waals surface area contributed by atoms with Crippen LogP contribution in [-0.4, -0.2) is 24.9 Å². The highest BCUT2D eigenvalue weighted by atomic mass is 79.9. The normalized spacial score (nSPS) is 15.4. The van der Waals surface area contributed by atoms with E-state index >= 15 is 0 Å². The zero-order valence-electron chi connectivity index (χ0n) is 8.74. The highest BCUT2D eigenvalue weighted by Gasteiger charge is 2.22. The number of carbonyl (C=O) groups is 2. The van der Waals surface area contributed by atoms with Crippen LogP contribution in [0.2, 0.25) is 0 Å². The van der Waals surface area contributed by atoms with E-state index in [1.54, 1.807) is 23.1 Å². The maximum absolute atomic E-state index is 11.2. The van der Waals surface area contributed by atoms with Gasteiger partial charge in [-0.15, -0.1) is 0 Å². The summed E-state index contributed by atoms with van der Waals surface area (Å²) >= 11 is 3.29. The monoisotopic (exact) mass is 293 g/mol. The number of imide groups is 1. The Hall–Kier alpha value is -1.87. The van der Waals surface area contributed by atoms with Crippen LogP contribution in [0, 0.1) is 11.3 Å². The van der Waals surface area contributed by atoms with Crippen molar-refractivity contribution in [3.8, 4) is 6.07 Å². The molecule has 17 heavy (non-hydrogen) atoms. The van der Waals surface area contributed by atoms with Crippen molar-refractivity contribution in [2.75, 3.05) is 18.0 Å². The summed E-state index contributed by atoms with van der Waals surface area (Å²) in [5, 5.41) is 11.1. The first-order valence-electron chi connectivity index (χ1n) is 4.87. The molecule has 1 aliphatic rings. The summed E-state index contributed by atoms with van der Waals surface area (Å²) in [5.41, 5.74) is 1.16. The lowest BCUT2D eigenvalue weighted by Crippen LogP contribution is -2.51. The number of nitrogens with one attached hydrogen (secondary N) is 1. The third kappa shape index (κ3) is 2.63. The van der Waals surface area contributed by atoms with Crippen molar-refractivity contribution in [3.63, 3.8) is 0 Å². The van der Waals surface area contributed by atoms with E-state index in [4.69, 9.17) is 5.26 Å². The molecule has 1 aliphatic heterocycles. The van der Waals surface area contributed by atoms with E-state index in [0.29, 0.717) is 11.3 Å². The van der Waals surface area contributed by atoms with Crippen molar-refractivity contribution >= 4 is 33.4 Å². The SMILES string of the molecule is N#Cc1cc(Br)cc(N2CC(=O)NC(=O)C2)c1. The maximum Gasteiger partial charge on any atom is 0.246 e. The van der Waals surface area contributed by atoms with E-state index in [9.17, 15) is 9.59 Å². The number of amides is 2. The van der Waals surface area contributed by atoms with Gasteiger partial charge < -0.3 is 4.90 Å². The molecule has 0 aliphatic carbocycles. The van der Waals surface area contributed by atoms with Gasteiger partial charge in [-0.1, -0.05) is 15.9 Å². The van der Waals surface area contributed by atoms with E-state index < -0.39 is 0 Å². The summed E-state index contributed by atoms with van der Waals surface area (Å²) in [6.45, 7) is 0.236. The lowest BCUT2D eigenvalue weighted by atomic mass is 10.2. The summed E-state index contributed by atoms with van der Waals surface area (Å²) in [5.74, 6) is -0.667. The first-order chi connectivity index (χ1) is 8.08. The molecule has 0 unspecified atom stereocenters. The number of rotatable bonds is 1. The number of halogens is 1. The number of benzene rings is 1. The molecule has 1 N–H and O–H groups in total. The molecule has 1 heterocycles. The van der Waals surface area contributed by atoms with Crippen LogP contribution in [0.4, 0.5) is 5.69 Å². The summed E-state index contributed by atoms with van der Waals surface area (Å²) in [7, 11) is 0. The van der Waals surface area contributed by atoms with Gasteiger partial charge in [0.1, 0.15) is 0 Å². The number of piperazine rings is 1. The second-order valence-electron chi connectivity index (χ2n) is 3.64. The number of carbonyl (C=O) groups excluding carboxylic acids is 2. The molecule has 2 amide bonds. The van der Waals surface area contributed by atoms with Crippen LogP contribution in [0.15, 0.2) is 22.7 Å². The molecule has 1 fully saturated rings. The Morgan fingerprint density at radius 3 is 2.47 bits per heavy atom. The fourth-order valence-electron chi connectivity index (χ4n) is 1.64. The summed E-state index contributed by atoms with van der Waals surface area (Å²) in [4.78, 5) is 24.1. The second-order valence-corrected chi connectivity index (χ2v) is 4.55. The van der Waals surface area contributed by atoms with E-state index in [1.807, 2.05) is 6.07 Å². The Labute approximate surface area is 106 Å². The van der Waals surface area contributed by atoms with E-state index in [2.05, 4.69) is 21.2 Å². The standard InChI is InChI=1S/C11H8BrN3O2/c12-8-1-7(4-13)2-9(3-8)15-5-10(16)14-11(17)6-15/h1-3H,5-6H2,(H,14,16,17). The van der Waals surface area contributed by atoms with Gasteiger partial charge in [-0.3, -0.25) is 14.9 Å². The highest BCUT2D eigenvalue weighted by molar-refractivity contribution is 9.10. The van der Waals surface area contributed by atoms with Crippen LogP contribution in [0.5, 0.6) is 0 Å². The van der Waals surface area contributed by atoms with Gasteiger partial charge >= 0.3 is 0 Å². The fraction of sp³-hybridized carbons (Fsp3) is 0.182. The van der Waals surface area contributed by atoms with Crippen molar-refractivity contribution in [2.45, 2.75) is 0 Å². The van der Waals surface area contributed by atoms with Crippen LogP contribution < -0.4 is 10.2 Å². The van der Waals surface area contributed by atoms with Crippen molar-refractivity contribution < 1.29 is 9.59 Å². The highest BCUT2D eigenvalue weighted by Crippen LogP contribution is 2.23. The van der Waals surface area contributed by atoms with Crippen LogP contribution in [0.1, 0.15) is 5.56 Å². The van der Waals surface area contributed by atoms with Gasteiger partial charge in [0.05, 0.1) is 24.7 Å². The summed E-state index contributed by atoms with van der Waals surface area (Å²) < 4.78 is 0.741. The van der Waals surface area contributed by atoms with Gasteiger partial charge in [0.25, 0.3) is 0 Å². The zero-order chi connectivity index (χ0) is 12.4. The molecule has 0 spiro atoms. The Morgan fingerprint density at radius 1 is 1.24 bits per heavy atom. The predicted molar refractivity (Wildman–Crippen MR) is 64.2 cm³/mol.